The summed E-state index contributed by atoms with van der Waals surface area (Å²) in [5.74, 6) is -0.205. The number of hydrogen-bond acceptors (Lipinski definition) is 6. The van der Waals surface area contributed by atoms with Gasteiger partial charge in [0.15, 0.2) is 6.79 Å². The molecule has 1 aliphatic heterocycles. The molecule has 0 saturated heterocycles. The lowest BCUT2D eigenvalue weighted by Gasteiger charge is -2.21. The quantitative estimate of drug-likeness (QED) is 0.495. The Morgan fingerprint density at radius 1 is 1.17 bits per heavy atom. The molecule has 1 aromatic heterocycles. The van der Waals surface area contributed by atoms with E-state index in [-0.39, 0.29) is 24.5 Å². The van der Waals surface area contributed by atoms with E-state index in [4.69, 9.17) is 14.2 Å². The standard InChI is InChI=1S/C26H28FN3O5/c1-16-23(8-9-24(31)33-3)17(2)30(29-16)22-6-4-18(5-7-22)26(32)28-11-10-19-12-21(27)13-20-14-34-15-35-25(19)20/h4-7,12-13H,8-11,14-15H2,1-3H3,(H,28,32). The van der Waals surface area contributed by atoms with Gasteiger partial charge in [0.1, 0.15) is 11.6 Å². The fraction of sp³-hybridized carbons (Fsp3) is 0.346. The molecule has 0 aliphatic carbocycles. The van der Waals surface area contributed by atoms with Crippen LogP contribution in [0.1, 0.15) is 44.9 Å². The van der Waals surface area contributed by atoms with Gasteiger partial charge >= 0.3 is 5.97 Å². The van der Waals surface area contributed by atoms with E-state index in [1.807, 2.05) is 26.0 Å². The number of aryl methyl sites for hydroxylation is 1. The molecule has 0 fully saturated rings. The third-order valence-electron chi connectivity index (χ3n) is 6.05. The Hall–Kier alpha value is -3.72. The van der Waals surface area contributed by atoms with Crippen LogP contribution in [0.15, 0.2) is 36.4 Å². The summed E-state index contributed by atoms with van der Waals surface area (Å²) in [7, 11) is 1.38. The van der Waals surface area contributed by atoms with Crippen molar-refractivity contribution in [1.29, 1.82) is 0 Å². The first kappa shape index (κ1) is 24.4. The number of aromatic nitrogens is 2. The van der Waals surface area contributed by atoms with Gasteiger partial charge in [0.05, 0.1) is 25.1 Å². The Labute approximate surface area is 203 Å². The van der Waals surface area contributed by atoms with Gasteiger partial charge in [-0.25, -0.2) is 9.07 Å². The van der Waals surface area contributed by atoms with Gasteiger partial charge < -0.3 is 19.5 Å². The number of halogens is 1. The van der Waals surface area contributed by atoms with E-state index in [1.165, 1.54) is 19.2 Å². The maximum absolute atomic E-state index is 13.9. The monoisotopic (exact) mass is 481 g/mol. The third-order valence-corrected chi connectivity index (χ3v) is 6.05. The van der Waals surface area contributed by atoms with Gasteiger partial charge in [-0.05, 0) is 74.2 Å². The molecule has 1 aliphatic rings. The minimum atomic E-state index is -0.354. The predicted molar refractivity (Wildman–Crippen MR) is 126 cm³/mol. The van der Waals surface area contributed by atoms with Crippen LogP contribution in [-0.4, -0.2) is 42.1 Å². The number of hydrogen-bond donors (Lipinski definition) is 1. The van der Waals surface area contributed by atoms with Crippen molar-refractivity contribution in [1.82, 2.24) is 15.1 Å². The number of rotatable bonds is 8. The summed E-state index contributed by atoms with van der Waals surface area (Å²) in [5, 5.41) is 7.47. The Morgan fingerprint density at radius 2 is 1.94 bits per heavy atom. The fourth-order valence-corrected chi connectivity index (χ4v) is 4.23. The maximum Gasteiger partial charge on any atom is 0.305 e. The summed E-state index contributed by atoms with van der Waals surface area (Å²) in [6.45, 7) is 4.63. The Balaban J connectivity index is 1.39. The highest BCUT2D eigenvalue weighted by molar-refractivity contribution is 5.94. The van der Waals surface area contributed by atoms with E-state index in [9.17, 15) is 14.0 Å². The van der Waals surface area contributed by atoms with Crippen LogP contribution < -0.4 is 10.1 Å². The molecule has 2 heterocycles. The molecule has 3 aromatic rings. The van der Waals surface area contributed by atoms with Crippen molar-refractivity contribution in [3.05, 3.63) is 75.9 Å². The average molecular weight is 482 g/mol. The number of nitrogens with one attached hydrogen (secondary N) is 1. The minimum Gasteiger partial charge on any atom is -0.469 e. The maximum atomic E-state index is 13.9. The molecular weight excluding hydrogens is 453 g/mol. The van der Waals surface area contributed by atoms with Crippen molar-refractivity contribution in [2.24, 2.45) is 0 Å². The average Bonchev–Trinajstić information content (AvgIpc) is 3.15. The molecule has 0 unspecified atom stereocenters. The summed E-state index contributed by atoms with van der Waals surface area (Å²) < 4.78 is 31.2. The van der Waals surface area contributed by atoms with Crippen LogP contribution in [0.4, 0.5) is 4.39 Å². The van der Waals surface area contributed by atoms with Crippen molar-refractivity contribution < 1.29 is 28.2 Å². The van der Waals surface area contributed by atoms with Gasteiger partial charge in [-0.3, -0.25) is 9.59 Å². The lowest BCUT2D eigenvalue weighted by atomic mass is 10.1. The Bertz CT molecular complexity index is 1240. The second-order valence-electron chi connectivity index (χ2n) is 8.35. The topological polar surface area (TPSA) is 91.7 Å². The highest BCUT2D eigenvalue weighted by atomic mass is 19.1. The summed E-state index contributed by atoms with van der Waals surface area (Å²) in [6, 6.07) is 9.96. The van der Waals surface area contributed by atoms with Crippen molar-refractivity contribution >= 4 is 11.9 Å². The normalized spacial score (nSPS) is 12.6. The SMILES string of the molecule is COC(=O)CCc1c(C)nn(-c2ccc(C(=O)NCCc3cc(F)cc4c3OCOC4)cc2)c1C. The third kappa shape index (κ3) is 5.51. The number of esters is 1. The van der Waals surface area contributed by atoms with Crippen molar-refractivity contribution in [2.75, 3.05) is 20.4 Å². The number of ether oxygens (including phenoxy) is 3. The zero-order valence-corrected chi connectivity index (χ0v) is 20.0. The van der Waals surface area contributed by atoms with Crippen LogP contribution in [-0.2, 0) is 33.7 Å². The number of carbonyl (C=O) groups excluding carboxylic acids is 2. The van der Waals surface area contributed by atoms with Crippen molar-refractivity contribution in [2.45, 2.75) is 39.7 Å². The van der Waals surface area contributed by atoms with Gasteiger partial charge in [-0.1, -0.05) is 0 Å². The molecule has 184 valence electrons. The molecule has 0 spiro atoms. The molecule has 0 saturated carbocycles. The summed E-state index contributed by atoms with van der Waals surface area (Å²) in [4.78, 5) is 24.1. The van der Waals surface area contributed by atoms with E-state index < -0.39 is 0 Å². The second-order valence-corrected chi connectivity index (χ2v) is 8.35. The van der Waals surface area contributed by atoms with Gasteiger partial charge in [-0.15, -0.1) is 0 Å². The first-order valence-corrected chi connectivity index (χ1v) is 11.4. The number of fused-ring (bicyclic) bond motifs is 1. The van der Waals surface area contributed by atoms with Gasteiger partial charge in [0.2, 0.25) is 0 Å². The van der Waals surface area contributed by atoms with E-state index in [2.05, 4.69) is 10.4 Å². The molecule has 8 nitrogen and oxygen atoms in total. The fourth-order valence-electron chi connectivity index (χ4n) is 4.23. The lowest BCUT2D eigenvalue weighted by Crippen LogP contribution is -2.26. The van der Waals surface area contributed by atoms with Crippen molar-refractivity contribution in [3.8, 4) is 11.4 Å². The predicted octanol–water partition coefficient (Wildman–Crippen LogP) is 3.57. The molecular formula is C26H28FN3O5. The van der Waals surface area contributed by atoms with E-state index in [1.54, 1.807) is 16.8 Å². The van der Waals surface area contributed by atoms with E-state index in [0.717, 1.165) is 22.6 Å². The molecule has 9 heteroatoms. The number of methoxy groups -OCH3 is 1. The van der Waals surface area contributed by atoms with Crippen LogP contribution in [0.3, 0.4) is 0 Å². The van der Waals surface area contributed by atoms with Crippen LogP contribution in [0.25, 0.3) is 5.69 Å². The molecule has 1 N–H and O–H groups in total. The molecule has 4 rings (SSSR count). The first-order chi connectivity index (χ1) is 16.9. The summed E-state index contributed by atoms with van der Waals surface area (Å²) in [6.07, 6.45) is 1.28. The van der Waals surface area contributed by atoms with E-state index >= 15 is 0 Å². The first-order valence-electron chi connectivity index (χ1n) is 11.4. The Kier molecular flexibility index (Phi) is 7.45. The largest absolute Gasteiger partial charge is 0.469 e. The molecule has 0 atom stereocenters. The molecule has 1 amide bonds. The molecule has 2 aromatic carbocycles. The molecule has 0 bridgehead atoms. The van der Waals surface area contributed by atoms with Crippen molar-refractivity contribution in [3.63, 3.8) is 0 Å². The van der Waals surface area contributed by atoms with Gasteiger partial charge in [0, 0.05) is 29.8 Å². The van der Waals surface area contributed by atoms with Crippen LogP contribution in [0.2, 0.25) is 0 Å². The highest BCUT2D eigenvalue weighted by Crippen LogP contribution is 2.29. The van der Waals surface area contributed by atoms with Gasteiger partial charge in [-0.2, -0.15) is 5.10 Å². The van der Waals surface area contributed by atoms with Crippen LogP contribution in [0, 0.1) is 19.7 Å². The molecule has 0 radical (unpaired) electrons. The second kappa shape index (κ2) is 10.7. The zero-order chi connectivity index (χ0) is 24.9. The lowest BCUT2D eigenvalue weighted by molar-refractivity contribution is -0.140. The number of benzene rings is 2. The smallest absolute Gasteiger partial charge is 0.305 e. The highest BCUT2D eigenvalue weighted by Gasteiger charge is 2.18. The number of carbonyl (C=O) groups is 2. The summed E-state index contributed by atoms with van der Waals surface area (Å²) in [5.41, 5.74) is 5.49. The number of amides is 1. The van der Waals surface area contributed by atoms with Crippen LogP contribution >= 0.6 is 0 Å². The minimum absolute atomic E-state index is 0.131. The number of nitrogens with zero attached hydrogens (tertiary/aromatic N) is 2. The molecule has 35 heavy (non-hydrogen) atoms. The van der Waals surface area contributed by atoms with Gasteiger partial charge in [0.25, 0.3) is 5.91 Å². The van der Waals surface area contributed by atoms with E-state index in [0.29, 0.717) is 54.9 Å². The van der Waals surface area contributed by atoms with Crippen LogP contribution in [0.5, 0.6) is 5.75 Å². The zero-order valence-electron chi connectivity index (χ0n) is 20.0. The summed E-state index contributed by atoms with van der Waals surface area (Å²) >= 11 is 0. The Morgan fingerprint density at radius 3 is 2.69 bits per heavy atom.